The van der Waals surface area contributed by atoms with Crippen molar-refractivity contribution in [2.24, 2.45) is 0 Å². The first kappa shape index (κ1) is 21.4. The van der Waals surface area contributed by atoms with Crippen LogP contribution in [0.2, 0.25) is 0 Å². The third-order valence-corrected chi connectivity index (χ3v) is 4.20. The molecule has 0 aliphatic rings. The molecule has 3 rings (SSSR count). The summed E-state index contributed by atoms with van der Waals surface area (Å²) in [6.45, 7) is 3.81. The number of nitrogens with zero attached hydrogens (tertiary/aromatic N) is 2. The summed E-state index contributed by atoms with van der Waals surface area (Å²) in [5.41, 5.74) is 0.555. The lowest BCUT2D eigenvalue weighted by Crippen LogP contribution is -2.28. The third kappa shape index (κ3) is 5.59. The Hall–Kier alpha value is -3.36. The first-order valence-corrected chi connectivity index (χ1v) is 9.22. The van der Waals surface area contributed by atoms with E-state index in [-0.39, 0.29) is 19.1 Å². The molecule has 0 aliphatic heterocycles. The largest absolute Gasteiger partial charge is 0.484 e. The summed E-state index contributed by atoms with van der Waals surface area (Å²) in [5.74, 6) is 1.27. The molecule has 1 aromatic heterocycles. The average Bonchev–Trinajstić information content (AvgIpc) is 3.21. The van der Waals surface area contributed by atoms with Gasteiger partial charge >= 0.3 is 6.18 Å². The van der Waals surface area contributed by atoms with Gasteiger partial charge in [-0.25, -0.2) is 0 Å². The monoisotopic (exact) mass is 419 g/mol. The van der Waals surface area contributed by atoms with E-state index in [1.807, 2.05) is 13.8 Å². The molecule has 0 saturated heterocycles. The van der Waals surface area contributed by atoms with Crippen LogP contribution in [0.1, 0.15) is 36.7 Å². The Labute approximate surface area is 171 Å². The number of rotatable bonds is 7. The summed E-state index contributed by atoms with van der Waals surface area (Å²) in [4.78, 5) is 16.2. The summed E-state index contributed by atoms with van der Waals surface area (Å²) in [7, 11) is 0. The van der Waals surface area contributed by atoms with Gasteiger partial charge in [-0.1, -0.05) is 31.1 Å². The van der Waals surface area contributed by atoms with Crippen molar-refractivity contribution in [1.82, 2.24) is 15.5 Å². The van der Waals surface area contributed by atoms with Gasteiger partial charge in [-0.05, 0) is 42.0 Å². The Morgan fingerprint density at radius 2 is 1.77 bits per heavy atom. The van der Waals surface area contributed by atoms with Crippen molar-refractivity contribution in [2.75, 3.05) is 6.61 Å². The highest BCUT2D eigenvalue weighted by molar-refractivity contribution is 5.77. The van der Waals surface area contributed by atoms with Gasteiger partial charge in [0.1, 0.15) is 5.75 Å². The number of alkyl halides is 3. The highest BCUT2D eigenvalue weighted by atomic mass is 19.4. The molecule has 1 heterocycles. The van der Waals surface area contributed by atoms with E-state index in [0.29, 0.717) is 23.0 Å². The molecular weight excluding hydrogens is 399 g/mol. The lowest BCUT2D eigenvalue weighted by Gasteiger charge is -2.09. The molecule has 0 radical (unpaired) electrons. The molecule has 0 aliphatic carbocycles. The predicted molar refractivity (Wildman–Crippen MR) is 103 cm³/mol. The number of ether oxygens (including phenoxy) is 1. The third-order valence-electron chi connectivity index (χ3n) is 4.20. The SMILES string of the molecule is CC(C)c1noc(-c2ccc(OCC(=O)NCc3ccc(C(F)(F)F)cc3)cc2)n1. The number of aromatic nitrogens is 2. The number of carbonyl (C=O) groups is 1. The molecule has 158 valence electrons. The maximum Gasteiger partial charge on any atom is 0.416 e. The van der Waals surface area contributed by atoms with E-state index in [0.717, 1.165) is 17.7 Å². The van der Waals surface area contributed by atoms with Crippen LogP contribution in [0.4, 0.5) is 13.2 Å². The van der Waals surface area contributed by atoms with Gasteiger partial charge in [-0.15, -0.1) is 0 Å². The molecule has 0 saturated carbocycles. The highest BCUT2D eigenvalue weighted by Gasteiger charge is 2.29. The minimum absolute atomic E-state index is 0.106. The molecular formula is C21H20F3N3O3. The molecule has 3 aromatic rings. The van der Waals surface area contributed by atoms with Crippen molar-refractivity contribution in [3.05, 3.63) is 65.5 Å². The number of benzene rings is 2. The fraction of sp³-hybridized carbons (Fsp3) is 0.286. The number of hydrogen-bond donors (Lipinski definition) is 1. The molecule has 0 bridgehead atoms. The van der Waals surface area contributed by atoms with E-state index in [1.165, 1.54) is 12.1 Å². The van der Waals surface area contributed by atoms with Crippen LogP contribution < -0.4 is 10.1 Å². The van der Waals surface area contributed by atoms with Gasteiger partial charge in [0.05, 0.1) is 5.56 Å². The molecule has 6 nitrogen and oxygen atoms in total. The van der Waals surface area contributed by atoms with Crippen molar-refractivity contribution in [1.29, 1.82) is 0 Å². The second kappa shape index (κ2) is 8.98. The van der Waals surface area contributed by atoms with Crippen LogP contribution in [0.3, 0.4) is 0 Å². The lowest BCUT2D eigenvalue weighted by atomic mass is 10.1. The van der Waals surface area contributed by atoms with E-state index in [2.05, 4.69) is 15.5 Å². The van der Waals surface area contributed by atoms with Gasteiger partial charge in [0, 0.05) is 18.0 Å². The van der Waals surface area contributed by atoms with E-state index in [9.17, 15) is 18.0 Å². The fourth-order valence-corrected chi connectivity index (χ4v) is 2.49. The molecule has 30 heavy (non-hydrogen) atoms. The summed E-state index contributed by atoms with van der Waals surface area (Å²) in [6.07, 6.45) is -4.38. The predicted octanol–water partition coefficient (Wildman–Crippen LogP) is 4.57. The first-order valence-electron chi connectivity index (χ1n) is 9.22. The van der Waals surface area contributed by atoms with Crippen molar-refractivity contribution >= 4 is 5.91 Å². The maximum absolute atomic E-state index is 12.6. The van der Waals surface area contributed by atoms with E-state index in [1.54, 1.807) is 24.3 Å². The normalized spacial score (nSPS) is 11.5. The molecule has 1 amide bonds. The molecule has 0 unspecified atom stereocenters. The standard InChI is InChI=1S/C21H20F3N3O3/c1-13(2)19-26-20(30-27-19)15-5-9-17(10-6-15)29-12-18(28)25-11-14-3-7-16(8-4-14)21(22,23)24/h3-10,13H,11-12H2,1-2H3,(H,25,28). The van der Waals surface area contributed by atoms with Crippen LogP contribution in [0.15, 0.2) is 53.1 Å². The number of halogens is 3. The van der Waals surface area contributed by atoms with Crippen LogP contribution in [-0.4, -0.2) is 22.7 Å². The van der Waals surface area contributed by atoms with Crippen molar-refractivity contribution in [2.45, 2.75) is 32.5 Å². The van der Waals surface area contributed by atoms with Crippen molar-refractivity contribution in [3.8, 4) is 17.2 Å². The summed E-state index contributed by atoms with van der Waals surface area (Å²) < 4.78 is 48.3. The molecule has 0 spiro atoms. The van der Waals surface area contributed by atoms with Gasteiger partial charge in [-0.2, -0.15) is 18.2 Å². The quantitative estimate of drug-likeness (QED) is 0.607. The van der Waals surface area contributed by atoms with Crippen molar-refractivity contribution < 1.29 is 27.2 Å². The van der Waals surface area contributed by atoms with Crippen LogP contribution in [-0.2, 0) is 17.5 Å². The molecule has 9 heteroatoms. The highest BCUT2D eigenvalue weighted by Crippen LogP contribution is 2.29. The van der Waals surface area contributed by atoms with Crippen LogP contribution in [0, 0.1) is 0 Å². The minimum atomic E-state index is -4.38. The summed E-state index contributed by atoms with van der Waals surface area (Å²) in [5, 5.41) is 6.51. The molecule has 0 atom stereocenters. The minimum Gasteiger partial charge on any atom is -0.484 e. The van der Waals surface area contributed by atoms with E-state index in [4.69, 9.17) is 9.26 Å². The van der Waals surface area contributed by atoms with Gasteiger partial charge in [0.2, 0.25) is 0 Å². The molecule has 2 aromatic carbocycles. The molecule has 1 N–H and O–H groups in total. The number of nitrogens with one attached hydrogen (secondary N) is 1. The van der Waals surface area contributed by atoms with Gasteiger partial charge in [-0.3, -0.25) is 4.79 Å². The summed E-state index contributed by atoms with van der Waals surface area (Å²) in [6, 6.07) is 11.4. The Balaban J connectivity index is 1.47. The second-order valence-electron chi connectivity index (χ2n) is 6.90. The van der Waals surface area contributed by atoms with Crippen LogP contribution >= 0.6 is 0 Å². The number of carbonyl (C=O) groups excluding carboxylic acids is 1. The number of amides is 1. The zero-order chi connectivity index (χ0) is 21.7. The Kier molecular flexibility index (Phi) is 6.39. The van der Waals surface area contributed by atoms with E-state index >= 15 is 0 Å². The second-order valence-corrected chi connectivity index (χ2v) is 6.90. The zero-order valence-electron chi connectivity index (χ0n) is 16.4. The van der Waals surface area contributed by atoms with Gasteiger partial charge in [0.15, 0.2) is 12.4 Å². The Morgan fingerprint density at radius 3 is 2.33 bits per heavy atom. The maximum atomic E-state index is 12.6. The van der Waals surface area contributed by atoms with Crippen LogP contribution in [0.25, 0.3) is 11.5 Å². The Bertz CT molecular complexity index is 981. The molecule has 0 fully saturated rings. The van der Waals surface area contributed by atoms with Crippen molar-refractivity contribution in [3.63, 3.8) is 0 Å². The topological polar surface area (TPSA) is 77.2 Å². The first-order chi connectivity index (χ1) is 14.2. The van der Waals surface area contributed by atoms with Crippen LogP contribution in [0.5, 0.6) is 5.75 Å². The Morgan fingerprint density at radius 1 is 1.10 bits per heavy atom. The lowest BCUT2D eigenvalue weighted by molar-refractivity contribution is -0.137. The number of hydrogen-bond acceptors (Lipinski definition) is 5. The fourth-order valence-electron chi connectivity index (χ4n) is 2.49. The van der Waals surface area contributed by atoms with Gasteiger partial charge in [0.25, 0.3) is 11.8 Å². The van der Waals surface area contributed by atoms with E-state index < -0.39 is 17.6 Å². The average molecular weight is 419 g/mol. The summed E-state index contributed by atoms with van der Waals surface area (Å²) >= 11 is 0. The van der Waals surface area contributed by atoms with Gasteiger partial charge < -0.3 is 14.6 Å². The smallest absolute Gasteiger partial charge is 0.416 e. The zero-order valence-corrected chi connectivity index (χ0v) is 16.4.